The molecule has 4 nitrogen and oxygen atoms in total. The Bertz CT molecular complexity index is 1180. The van der Waals surface area contributed by atoms with Crippen LogP contribution in [0, 0.1) is 25.2 Å². The summed E-state index contributed by atoms with van der Waals surface area (Å²) in [6.45, 7) is 4.18. The van der Waals surface area contributed by atoms with Gasteiger partial charge >= 0.3 is 0 Å². The molecule has 0 aliphatic heterocycles. The molecule has 0 bridgehead atoms. The van der Waals surface area contributed by atoms with Gasteiger partial charge in [-0.05, 0) is 13.0 Å². The number of benzene rings is 2. The SMILES string of the molecule is Cc1c(-[n+]2ccccc2C)cc(C#N)cc1-[n+]1c2ccccc2cn1C. The lowest BCUT2D eigenvalue weighted by Crippen LogP contribution is -2.42. The quantitative estimate of drug-likeness (QED) is 0.516. The fourth-order valence-corrected chi connectivity index (χ4v) is 3.54. The Labute approximate surface area is 152 Å². The predicted octanol–water partition coefficient (Wildman–Crippen LogP) is 3.22. The molecule has 4 aromatic rings. The molecule has 0 spiro atoms. The van der Waals surface area contributed by atoms with Gasteiger partial charge in [-0.15, -0.1) is 0 Å². The predicted molar refractivity (Wildman–Crippen MR) is 100 cm³/mol. The van der Waals surface area contributed by atoms with E-state index in [-0.39, 0.29) is 0 Å². The molecule has 0 N–H and O–H groups in total. The Morgan fingerprint density at radius 2 is 1.69 bits per heavy atom. The maximum Gasteiger partial charge on any atom is 0.247 e. The van der Waals surface area contributed by atoms with Crippen molar-refractivity contribution in [2.45, 2.75) is 13.8 Å². The summed E-state index contributed by atoms with van der Waals surface area (Å²) in [6, 6.07) is 20.6. The summed E-state index contributed by atoms with van der Waals surface area (Å²) >= 11 is 0. The lowest BCUT2D eigenvalue weighted by molar-refractivity contribution is -0.659. The fourth-order valence-electron chi connectivity index (χ4n) is 3.54. The summed E-state index contributed by atoms with van der Waals surface area (Å²) in [7, 11) is 2.03. The van der Waals surface area contributed by atoms with Crippen LogP contribution in [0.4, 0.5) is 0 Å². The molecule has 4 heteroatoms. The molecule has 126 valence electrons. The Hall–Kier alpha value is -3.45. The minimum absolute atomic E-state index is 0.647. The summed E-state index contributed by atoms with van der Waals surface area (Å²) < 4.78 is 6.36. The topological polar surface area (TPSA) is 36.5 Å². The summed E-state index contributed by atoms with van der Waals surface area (Å²) in [5.41, 5.74) is 6.05. The molecule has 0 fully saturated rings. The van der Waals surface area contributed by atoms with Crippen molar-refractivity contribution in [2.24, 2.45) is 7.05 Å². The number of nitriles is 1. The van der Waals surface area contributed by atoms with E-state index in [0.717, 1.165) is 28.1 Å². The van der Waals surface area contributed by atoms with Gasteiger partial charge in [-0.2, -0.15) is 14.5 Å². The van der Waals surface area contributed by atoms with Gasteiger partial charge in [-0.1, -0.05) is 22.9 Å². The molecule has 2 heterocycles. The van der Waals surface area contributed by atoms with E-state index >= 15 is 0 Å². The lowest BCUT2D eigenvalue weighted by Gasteiger charge is -2.06. The smallest absolute Gasteiger partial charge is 0.192 e. The summed E-state index contributed by atoms with van der Waals surface area (Å²) in [5.74, 6) is 0. The highest BCUT2D eigenvalue weighted by atomic mass is 15.4. The van der Waals surface area contributed by atoms with Crippen molar-refractivity contribution >= 4 is 10.9 Å². The molecule has 26 heavy (non-hydrogen) atoms. The van der Waals surface area contributed by atoms with Crippen molar-refractivity contribution in [1.29, 1.82) is 5.26 Å². The number of nitrogens with zero attached hydrogens (tertiary/aromatic N) is 4. The second-order valence-electron chi connectivity index (χ2n) is 6.54. The van der Waals surface area contributed by atoms with Crippen molar-refractivity contribution in [3.8, 4) is 17.4 Å². The van der Waals surface area contributed by atoms with Crippen LogP contribution < -0.4 is 9.25 Å². The number of fused-ring (bicyclic) bond motifs is 1. The fraction of sp³-hybridized carbons (Fsp3) is 0.136. The standard InChI is InChI=1S/C22H20N4/c1-16-8-6-7-11-25(16)21-12-18(14-23)13-22(17(21)2)26-20-10-5-4-9-19(20)15-24(26)3/h4-13,15H,1-3H3/q+2. The number of aromatic nitrogens is 3. The summed E-state index contributed by atoms with van der Waals surface area (Å²) in [4.78, 5) is 0. The highest BCUT2D eigenvalue weighted by Crippen LogP contribution is 2.20. The third-order valence-corrected chi connectivity index (χ3v) is 4.84. The van der Waals surface area contributed by atoms with Gasteiger partial charge in [-0.25, -0.2) is 0 Å². The number of pyridine rings is 1. The van der Waals surface area contributed by atoms with Crippen LogP contribution in [0.1, 0.15) is 16.8 Å². The summed E-state index contributed by atoms with van der Waals surface area (Å²) in [6.07, 6.45) is 4.14. The van der Waals surface area contributed by atoms with Gasteiger partial charge in [0.25, 0.3) is 0 Å². The van der Waals surface area contributed by atoms with Gasteiger partial charge in [0, 0.05) is 37.3 Å². The zero-order valence-electron chi connectivity index (χ0n) is 15.1. The van der Waals surface area contributed by atoms with E-state index in [0.29, 0.717) is 5.56 Å². The number of hydrogen-bond acceptors (Lipinski definition) is 1. The molecular formula is C22H20N4+2. The molecule has 2 aromatic heterocycles. The first-order valence-electron chi connectivity index (χ1n) is 8.59. The second-order valence-corrected chi connectivity index (χ2v) is 6.54. The van der Waals surface area contributed by atoms with Crippen LogP contribution in [0.25, 0.3) is 22.3 Å². The molecule has 0 atom stereocenters. The van der Waals surface area contributed by atoms with E-state index in [2.05, 4.69) is 58.2 Å². The molecule has 0 unspecified atom stereocenters. The van der Waals surface area contributed by atoms with E-state index in [1.54, 1.807) is 0 Å². The van der Waals surface area contributed by atoms with E-state index in [4.69, 9.17) is 0 Å². The Morgan fingerprint density at radius 3 is 2.46 bits per heavy atom. The van der Waals surface area contributed by atoms with Gasteiger partial charge in [0.1, 0.15) is 0 Å². The van der Waals surface area contributed by atoms with Crippen molar-refractivity contribution < 1.29 is 9.25 Å². The van der Waals surface area contributed by atoms with Crippen molar-refractivity contribution in [3.05, 3.63) is 83.8 Å². The van der Waals surface area contributed by atoms with Gasteiger partial charge in [0.05, 0.1) is 35.8 Å². The molecule has 0 aliphatic rings. The van der Waals surface area contributed by atoms with E-state index < -0.39 is 0 Å². The first kappa shape index (κ1) is 16.0. The molecule has 0 radical (unpaired) electrons. The number of rotatable bonds is 2. The van der Waals surface area contributed by atoms with Crippen LogP contribution in [0.2, 0.25) is 0 Å². The molecule has 2 aromatic carbocycles. The average molecular weight is 340 g/mol. The minimum Gasteiger partial charge on any atom is -0.192 e. The monoisotopic (exact) mass is 340 g/mol. The van der Waals surface area contributed by atoms with Crippen LogP contribution >= 0.6 is 0 Å². The van der Waals surface area contributed by atoms with E-state index in [1.165, 1.54) is 5.39 Å². The van der Waals surface area contributed by atoms with Gasteiger partial charge in [-0.3, -0.25) is 0 Å². The number of para-hydroxylation sites is 1. The third-order valence-electron chi connectivity index (χ3n) is 4.84. The molecule has 0 saturated carbocycles. The molecule has 0 amide bonds. The second kappa shape index (κ2) is 6.12. The maximum absolute atomic E-state index is 9.60. The Kier molecular flexibility index (Phi) is 3.78. The number of hydrogen-bond donors (Lipinski definition) is 0. The minimum atomic E-state index is 0.647. The van der Waals surface area contributed by atoms with Gasteiger partial charge < -0.3 is 0 Å². The highest BCUT2D eigenvalue weighted by Gasteiger charge is 2.26. The first-order chi connectivity index (χ1) is 12.6. The normalized spacial score (nSPS) is 10.8. The van der Waals surface area contributed by atoms with Crippen molar-refractivity contribution in [3.63, 3.8) is 0 Å². The molecular weight excluding hydrogens is 320 g/mol. The lowest BCUT2D eigenvalue weighted by atomic mass is 10.1. The molecule has 4 rings (SSSR count). The zero-order chi connectivity index (χ0) is 18.3. The van der Waals surface area contributed by atoms with Crippen molar-refractivity contribution in [2.75, 3.05) is 0 Å². The average Bonchev–Trinajstić information content (AvgIpc) is 2.98. The highest BCUT2D eigenvalue weighted by molar-refractivity contribution is 5.75. The summed E-state index contributed by atoms with van der Waals surface area (Å²) in [5, 5.41) is 10.8. The first-order valence-corrected chi connectivity index (χ1v) is 8.59. The molecule has 0 saturated heterocycles. The van der Waals surface area contributed by atoms with Gasteiger partial charge in [0.15, 0.2) is 11.9 Å². The number of aryl methyl sites for hydroxylation is 2. The maximum atomic E-state index is 9.60. The van der Waals surface area contributed by atoms with Crippen LogP contribution in [-0.4, -0.2) is 4.68 Å². The largest absolute Gasteiger partial charge is 0.247 e. The van der Waals surface area contributed by atoms with E-state index in [9.17, 15) is 5.26 Å². The zero-order valence-corrected chi connectivity index (χ0v) is 15.1. The van der Waals surface area contributed by atoms with E-state index in [1.807, 2.05) is 49.6 Å². The Morgan fingerprint density at radius 1 is 0.962 bits per heavy atom. The molecule has 0 aliphatic carbocycles. The van der Waals surface area contributed by atoms with Crippen LogP contribution in [-0.2, 0) is 7.05 Å². The van der Waals surface area contributed by atoms with Crippen LogP contribution in [0.5, 0.6) is 0 Å². The third kappa shape index (κ3) is 2.46. The Balaban J connectivity index is 2.07. The van der Waals surface area contributed by atoms with Crippen molar-refractivity contribution in [1.82, 2.24) is 4.68 Å². The van der Waals surface area contributed by atoms with Gasteiger partial charge in [0.2, 0.25) is 16.9 Å². The van der Waals surface area contributed by atoms with Crippen LogP contribution in [0.3, 0.4) is 0 Å². The van der Waals surface area contributed by atoms with Crippen LogP contribution in [0.15, 0.2) is 67.0 Å².